The monoisotopic (exact) mass is 255 g/mol. The van der Waals surface area contributed by atoms with Crippen molar-refractivity contribution in [2.24, 2.45) is 0 Å². The van der Waals surface area contributed by atoms with Gasteiger partial charge in [0.05, 0.1) is 6.61 Å². The van der Waals surface area contributed by atoms with E-state index in [1.165, 1.54) is 5.56 Å². The standard InChI is InChI=1S/C16H17NO2/c1-2-4-13(5-3-1)10-17-14-6-8-15(9-7-14)18-11-16-12-19-16/h1-9,16-17H,10-12H2. The Morgan fingerprint density at radius 3 is 2.47 bits per heavy atom. The lowest BCUT2D eigenvalue weighted by atomic mass is 10.2. The molecule has 0 saturated carbocycles. The first kappa shape index (κ1) is 12.1. The minimum absolute atomic E-state index is 0.302. The van der Waals surface area contributed by atoms with Gasteiger partial charge in [-0.25, -0.2) is 0 Å². The summed E-state index contributed by atoms with van der Waals surface area (Å²) in [6.07, 6.45) is 0.302. The molecule has 1 atom stereocenters. The highest BCUT2D eigenvalue weighted by Gasteiger charge is 2.22. The lowest BCUT2D eigenvalue weighted by molar-refractivity contribution is 0.263. The first-order valence-corrected chi connectivity index (χ1v) is 6.52. The van der Waals surface area contributed by atoms with Crippen LogP contribution in [0.2, 0.25) is 0 Å². The largest absolute Gasteiger partial charge is 0.491 e. The zero-order valence-electron chi connectivity index (χ0n) is 10.7. The lowest BCUT2D eigenvalue weighted by Crippen LogP contribution is -2.04. The van der Waals surface area contributed by atoms with Gasteiger partial charge in [-0.15, -0.1) is 0 Å². The Hall–Kier alpha value is -2.00. The van der Waals surface area contributed by atoms with Crippen LogP contribution in [0.3, 0.4) is 0 Å². The summed E-state index contributed by atoms with van der Waals surface area (Å²) in [5, 5.41) is 3.39. The maximum atomic E-state index is 5.59. The predicted molar refractivity (Wildman–Crippen MR) is 75.4 cm³/mol. The van der Waals surface area contributed by atoms with Crippen LogP contribution >= 0.6 is 0 Å². The van der Waals surface area contributed by atoms with Crippen molar-refractivity contribution in [3.8, 4) is 5.75 Å². The Bertz CT molecular complexity index is 506. The minimum Gasteiger partial charge on any atom is -0.491 e. The molecular formula is C16H17NO2. The molecule has 3 heteroatoms. The topological polar surface area (TPSA) is 33.8 Å². The van der Waals surface area contributed by atoms with E-state index in [9.17, 15) is 0 Å². The number of hydrogen-bond donors (Lipinski definition) is 1. The number of benzene rings is 2. The number of ether oxygens (including phenoxy) is 2. The van der Waals surface area contributed by atoms with Gasteiger partial charge in [-0.3, -0.25) is 0 Å². The molecule has 1 N–H and O–H groups in total. The summed E-state index contributed by atoms with van der Waals surface area (Å²) < 4.78 is 10.7. The van der Waals surface area contributed by atoms with Crippen molar-refractivity contribution >= 4 is 5.69 Å². The summed E-state index contributed by atoms with van der Waals surface area (Å²) in [4.78, 5) is 0. The van der Waals surface area contributed by atoms with E-state index >= 15 is 0 Å². The Morgan fingerprint density at radius 1 is 1.05 bits per heavy atom. The van der Waals surface area contributed by atoms with Crippen molar-refractivity contribution in [1.29, 1.82) is 0 Å². The fourth-order valence-electron chi connectivity index (χ4n) is 1.82. The molecule has 0 radical (unpaired) electrons. The van der Waals surface area contributed by atoms with Crippen molar-refractivity contribution in [3.05, 3.63) is 60.2 Å². The van der Waals surface area contributed by atoms with E-state index in [1.807, 2.05) is 42.5 Å². The molecule has 1 aliphatic heterocycles. The third kappa shape index (κ3) is 3.73. The Labute approximate surface area is 113 Å². The van der Waals surface area contributed by atoms with Gasteiger partial charge in [0.25, 0.3) is 0 Å². The van der Waals surface area contributed by atoms with Crippen LogP contribution in [0.5, 0.6) is 5.75 Å². The third-order valence-electron chi connectivity index (χ3n) is 3.03. The number of anilines is 1. The molecule has 0 aliphatic carbocycles. The second kappa shape index (κ2) is 5.76. The summed E-state index contributed by atoms with van der Waals surface area (Å²) in [7, 11) is 0. The molecule has 0 amide bonds. The van der Waals surface area contributed by atoms with Crippen LogP contribution in [-0.2, 0) is 11.3 Å². The third-order valence-corrected chi connectivity index (χ3v) is 3.03. The van der Waals surface area contributed by atoms with Gasteiger partial charge >= 0.3 is 0 Å². The van der Waals surface area contributed by atoms with Gasteiger partial charge in [-0.1, -0.05) is 30.3 Å². The van der Waals surface area contributed by atoms with E-state index in [-0.39, 0.29) is 0 Å². The van der Waals surface area contributed by atoms with Gasteiger partial charge < -0.3 is 14.8 Å². The zero-order valence-corrected chi connectivity index (χ0v) is 10.7. The molecule has 2 aromatic carbocycles. The summed E-state index contributed by atoms with van der Waals surface area (Å²) in [5.41, 5.74) is 2.37. The fraction of sp³-hybridized carbons (Fsp3) is 0.250. The zero-order chi connectivity index (χ0) is 12.9. The van der Waals surface area contributed by atoms with Gasteiger partial charge in [0, 0.05) is 12.2 Å². The molecule has 1 aliphatic rings. The van der Waals surface area contributed by atoms with Gasteiger partial charge in [-0.05, 0) is 29.8 Å². The summed E-state index contributed by atoms with van der Waals surface area (Å²) in [5.74, 6) is 0.890. The van der Waals surface area contributed by atoms with Crippen molar-refractivity contribution in [1.82, 2.24) is 0 Å². The fourth-order valence-corrected chi connectivity index (χ4v) is 1.82. The second-order valence-electron chi connectivity index (χ2n) is 4.63. The predicted octanol–water partition coefficient (Wildman–Crippen LogP) is 3.08. The molecule has 1 heterocycles. The quantitative estimate of drug-likeness (QED) is 0.805. The van der Waals surface area contributed by atoms with Gasteiger partial charge in [0.15, 0.2) is 0 Å². The summed E-state index contributed by atoms with van der Waals surface area (Å²) in [6.45, 7) is 2.31. The van der Waals surface area contributed by atoms with Crippen LogP contribution in [0, 0.1) is 0 Å². The smallest absolute Gasteiger partial charge is 0.119 e. The van der Waals surface area contributed by atoms with E-state index < -0.39 is 0 Å². The highest BCUT2D eigenvalue weighted by Crippen LogP contribution is 2.18. The van der Waals surface area contributed by atoms with Crippen LogP contribution < -0.4 is 10.1 Å². The van der Waals surface area contributed by atoms with Crippen molar-refractivity contribution in [2.75, 3.05) is 18.5 Å². The van der Waals surface area contributed by atoms with E-state index in [2.05, 4.69) is 17.4 Å². The molecule has 0 bridgehead atoms. The molecule has 1 saturated heterocycles. The highest BCUT2D eigenvalue weighted by molar-refractivity contribution is 5.46. The Kier molecular flexibility index (Phi) is 3.65. The summed E-state index contributed by atoms with van der Waals surface area (Å²) >= 11 is 0. The second-order valence-corrected chi connectivity index (χ2v) is 4.63. The number of nitrogens with one attached hydrogen (secondary N) is 1. The normalized spacial score (nSPS) is 16.9. The van der Waals surface area contributed by atoms with E-state index in [0.29, 0.717) is 12.7 Å². The van der Waals surface area contributed by atoms with Crippen LogP contribution in [0.1, 0.15) is 5.56 Å². The molecule has 2 aromatic rings. The van der Waals surface area contributed by atoms with Gasteiger partial charge in [0.1, 0.15) is 18.5 Å². The first-order chi connectivity index (χ1) is 9.40. The molecule has 0 aromatic heterocycles. The highest BCUT2D eigenvalue weighted by atomic mass is 16.6. The van der Waals surface area contributed by atoms with Crippen LogP contribution in [0.15, 0.2) is 54.6 Å². The minimum atomic E-state index is 0.302. The maximum absolute atomic E-state index is 5.59. The van der Waals surface area contributed by atoms with Crippen molar-refractivity contribution in [2.45, 2.75) is 12.6 Å². The average Bonchev–Trinajstić information content (AvgIpc) is 3.29. The molecule has 3 rings (SSSR count). The summed E-state index contributed by atoms with van der Waals surface area (Å²) in [6, 6.07) is 18.4. The maximum Gasteiger partial charge on any atom is 0.119 e. The molecule has 3 nitrogen and oxygen atoms in total. The lowest BCUT2D eigenvalue weighted by Gasteiger charge is -2.08. The van der Waals surface area contributed by atoms with Gasteiger partial charge in [-0.2, -0.15) is 0 Å². The molecular weight excluding hydrogens is 238 g/mol. The van der Waals surface area contributed by atoms with Crippen molar-refractivity contribution in [3.63, 3.8) is 0 Å². The SMILES string of the molecule is c1ccc(CNc2ccc(OCC3CO3)cc2)cc1. The molecule has 1 unspecified atom stereocenters. The van der Waals surface area contributed by atoms with Crippen molar-refractivity contribution < 1.29 is 9.47 Å². The Balaban J connectivity index is 1.50. The number of epoxide rings is 1. The average molecular weight is 255 g/mol. The Morgan fingerprint density at radius 2 is 1.79 bits per heavy atom. The van der Waals surface area contributed by atoms with E-state index in [1.54, 1.807) is 0 Å². The number of hydrogen-bond acceptors (Lipinski definition) is 3. The molecule has 98 valence electrons. The van der Waals surface area contributed by atoms with Crippen LogP contribution in [0.4, 0.5) is 5.69 Å². The van der Waals surface area contributed by atoms with Gasteiger partial charge in [0.2, 0.25) is 0 Å². The van der Waals surface area contributed by atoms with Crippen LogP contribution in [-0.4, -0.2) is 19.3 Å². The number of rotatable bonds is 6. The molecule has 0 spiro atoms. The van der Waals surface area contributed by atoms with E-state index in [4.69, 9.17) is 9.47 Å². The molecule has 19 heavy (non-hydrogen) atoms. The van der Waals surface area contributed by atoms with E-state index in [0.717, 1.165) is 24.6 Å². The molecule has 1 fully saturated rings. The van der Waals surface area contributed by atoms with Crippen LogP contribution in [0.25, 0.3) is 0 Å². The first-order valence-electron chi connectivity index (χ1n) is 6.52.